The fourth-order valence-electron chi connectivity index (χ4n) is 7.81. The lowest BCUT2D eigenvalue weighted by Gasteiger charge is -2.39. The first-order valence-corrected chi connectivity index (χ1v) is 15.8. The normalized spacial score (nSPS) is 25.6. The van der Waals surface area contributed by atoms with Gasteiger partial charge in [-0.05, 0) is 47.7 Å². The molecule has 3 aromatic rings. The molecule has 3 heterocycles. The number of carbonyl (C=O) groups is 3. The van der Waals surface area contributed by atoms with Crippen molar-refractivity contribution in [3.05, 3.63) is 104 Å². The van der Waals surface area contributed by atoms with E-state index in [0.717, 1.165) is 16.3 Å². The Balaban J connectivity index is 1.40. The van der Waals surface area contributed by atoms with Crippen molar-refractivity contribution in [1.82, 2.24) is 9.80 Å². The first-order valence-electron chi connectivity index (χ1n) is 15.8. The van der Waals surface area contributed by atoms with E-state index in [4.69, 9.17) is 4.74 Å². The molecule has 3 aliphatic rings. The predicted molar refractivity (Wildman–Crippen MR) is 174 cm³/mol. The minimum atomic E-state index is -1.18. The van der Waals surface area contributed by atoms with Crippen molar-refractivity contribution in [2.45, 2.75) is 56.5 Å². The molecule has 0 saturated carbocycles. The molecule has 2 unspecified atom stereocenters. The smallest absolute Gasteiger partial charge is 0.253 e. The quantitative estimate of drug-likeness (QED) is 0.301. The molecule has 3 amide bonds. The molecule has 2 bridgehead atoms. The molecule has 3 fully saturated rings. The molecular weight excluding hydrogens is 566 g/mol. The van der Waals surface area contributed by atoms with E-state index in [9.17, 15) is 19.5 Å². The van der Waals surface area contributed by atoms with Gasteiger partial charge >= 0.3 is 0 Å². The Labute approximate surface area is 264 Å². The first-order chi connectivity index (χ1) is 21.9. The molecule has 3 aliphatic heterocycles. The monoisotopic (exact) mass is 607 g/mol. The van der Waals surface area contributed by atoms with Crippen LogP contribution in [0.5, 0.6) is 0 Å². The molecule has 8 nitrogen and oxygen atoms in total. The second kappa shape index (κ2) is 12.6. The lowest BCUT2D eigenvalue weighted by Crippen LogP contribution is -2.59. The second-order valence-electron chi connectivity index (χ2n) is 12.3. The van der Waals surface area contributed by atoms with Gasteiger partial charge in [-0.25, -0.2) is 0 Å². The number of hydrogen-bond donors (Lipinski definition) is 1. The maximum Gasteiger partial charge on any atom is 0.253 e. The van der Waals surface area contributed by atoms with Crippen LogP contribution in [0.15, 0.2) is 98.1 Å². The van der Waals surface area contributed by atoms with E-state index in [-0.39, 0.29) is 30.9 Å². The van der Waals surface area contributed by atoms with Crippen molar-refractivity contribution in [1.29, 1.82) is 0 Å². The summed E-state index contributed by atoms with van der Waals surface area (Å²) in [6.45, 7) is 10.3. The number of ether oxygens (including phenoxy) is 1. The van der Waals surface area contributed by atoms with Crippen LogP contribution in [0.25, 0.3) is 10.8 Å². The third kappa shape index (κ3) is 5.16. The molecular formula is C37H41N3O5. The molecule has 0 radical (unpaired) electrons. The summed E-state index contributed by atoms with van der Waals surface area (Å²) in [6.07, 6.45) is 4.38. The van der Waals surface area contributed by atoms with Gasteiger partial charge in [0.15, 0.2) is 0 Å². The SMILES string of the molecule is C=CCN(Cc1ccccc1)C(=O)[C@@H]1[C@@H]2CCC3(O2)C(C(=O)N(CC=C)c2ccc4ccccc4c2)N([C@@H](CC)CO)C(=O)[C@H]13. The topological polar surface area (TPSA) is 90.4 Å². The summed E-state index contributed by atoms with van der Waals surface area (Å²) in [6, 6.07) is 21.9. The van der Waals surface area contributed by atoms with E-state index in [1.165, 1.54) is 0 Å². The van der Waals surface area contributed by atoms with Crippen LogP contribution in [0.2, 0.25) is 0 Å². The molecule has 6 rings (SSSR count). The van der Waals surface area contributed by atoms with Crippen molar-refractivity contribution in [3.63, 3.8) is 0 Å². The second-order valence-corrected chi connectivity index (χ2v) is 12.3. The highest BCUT2D eigenvalue weighted by Gasteiger charge is 2.75. The number of amides is 3. The molecule has 234 valence electrons. The molecule has 3 saturated heterocycles. The highest BCUT2D eigenvalue weighted by molar-refractivity contribution is 6.06. The van der Waals surface area contributed by atoms with E-state index >= 15 is 0 Å². The highest BCUT2D eigenvalue weighted by atomic mass is 16.5. The summed E-state index contributed by atoms with van der Waals surface area (Å²) in [4.78, 5) is 48.7. The number of carbonyl (C=O) groups excluding carboxylic acids is 3. The number of fused-ring (bicyclic) bond motifs is 2. The summed E-state index contributed by atoms with van der Waals surface area (Å²) in [7, 11) is 0. The number of likely N-dealkylation sites (tertiary alicyclic amines) is 1. The molecule has 1 N–H and O–H groups in total. The van der Waals surface area contributed by atoms with Crippen molar-refractivity contribution in [3.8, 4) is 0 Å². The van der Waals surface area contributed by atoms with Crippen molar-refractivity contribution in [2.75, 3.05) is 24.6 Å². The van der Waals surface area contributed by atoms with E-state index < -0.39 is 35.6 Å². The Morgan fingerprint density at radius 1 is 1.02 bits per heavy atom. The molecule has 8 heteroatoms. The van der Waals surface area contributed by atoms with E-state index in [0.29, 0.717) is 38.0 Å². The zero-order valence-electron chi connectivity index (χ0n) is 25.8. The number of rotatable bonds is 12. The molecule has 3 aromatic carbocycles. The lowest BCUT2D eigenvalue weighted by atomic mass is 9.70. The average molecular weight is 608 g/mol. The van der Waals surface area contributed by atoms with Gasteiger partial charge in [0, 0.05) is 25.3 Å². The summed E-state index contributed by atoms with van der Waals surface area (Å²) in [5.74, 6) is -2.34. The Kier molecular flexibility index (Phi) is 8.62. The maximum absolute atomic E-state index is 14.9. The van der Waals surface area contributed by atoms with Crippen molar-refractivity contribution in [2.24, 2.45) is 11.8 Å². The van der Waals surface area contributed by atoms with Gasteiger partial charge in [0.25, 0.3) is 5.91 Å². The third-order valence-corrected chi connectivity index (χ3v) is 9.83. The highest BCUT2D eigenvalue weighted by Crippen LogP contribution is 2.59. The Morgan fingerprint density at radius 2 is 1.73 bits per heavy atom. The van der Waals surface area contributed by atoms with Gasteiger partial charge in [-0.15, -0.1) is 13.2 Å². The molecule has 45 heavy (non-hydrogen) atoms. The third-order valence-electron chi connectivity index (χ3n) is 9.83. The van der Waals surface area contributed by atoms with Gasteiger partial charge in [-0.3, -0.25) is 14.4 Å². The zero-order chi connectivity index (χ0) is 31.7. The maximum atomic E-state index is 14.9. The van der Waals surface area contributed by atoms with Gasteiger partial charge in [-0.1, -0.05) is 79.7 Å². The average Bonchev–Trinajstić information content (AvgIpc) is 3.71. The summed E-state index contributed by atoms with van der Waals surface area (Å²) in [5.41, 5.74) is 0.480. The largest absolute Gasteiger partial charge is 0.394 e. The van der Waals surface area contributed by atoms with Crippen LogP contribution in [0.3, 0.4) is 0 Å². The van der Waals surface area contributed by atoms with Gasteiger partial charge in [0.1, 0.15) is 11.6 Å². The van der Waals surface area contributed by atoms with Crippen LogP contribution in [0.1, 0.15) is 31.7 Å². The lowest BCUT2D eigenvalue weighted by molar-refractivity contribution is -0.147. The Hall–Kier alpha value is -4.27. The van der Waals surface area contributed by atoms with Crippen LogP contribution in [0.4, 0.5) is 5.69 Å². The van der Waals surface area contributed by atoms with Gasteiger partial charge in [-0.2, -0.15) is 0 Å². The van der Waals surface area contributed by atoms with Crippen molar-refractivity contribution < 1.29 is 24.2 Å². The van der Waals surface area contributed by atoms with Gasteiger partial charge in [0.05, 0.1) is 30.6 Å². The van der Waals surface area contributed by atoms with Crippen molar-refractivity contribution >= 4 is 34.2 Å². The van der Waals surface area contributed by atoms with Gasteiger partial charge < -0.3 is 24.5 Å². The van der Waals surface area contributed by atoms with E-state index in [2.05, 4.69) is 13.2 Å². The van der Waals surface area contributed by atoms with Crippen LogP contribution >= 0.6 is 0 Å². The first kappa shape index (κ1) is 30.7. The number of hydrogen-bond acceptors (Lipinski definition) is 5. The minimum Gasteiger partial charge on any atom is -0.394 e. The van der Waals surface area contributed by atoms with E-state index in [1.54, 1.807) is 26.9 Å². The number of anilines is 1. The molecule has 0 aromatic heterocycles. The fourth-order valence-corrected chi connectivity index (χ4v) is 7.81. The standard InChI is InChI=1S/C37H41N3O5/c1-4-20-38(23-25-12-8-7-9-13-25)34(42)31-30-18-19-37(45-30)32(31)35(43)40(28(6-3)24-41)33(37)36(44)39(21-5-2)29-17-16-26-14-10-11-15-27(26)22-29/h4-5,7-17,22,28,30-33,41H,1-2,6,18-21,23-24H2,3H3/t28-,30-,31+,32-,33?,37?/m0/s1. The van der Waals surface area contributed by atoms with Crippen LogP contribution in [0, 0.1) is 11.8 Å². The number of benzene rings is 3. The van der Waals surface area contributed by atoms with Gasteiger partial charge in [0.2, 0.25) is 11.8 Å². The summed E-state index contributed by atoms with van der Waals surface area (Å²) < 4.78 is 6.71. The summed E-state index contributed by atoms with van der Waals surface area (Å²) >= 11 is 0. The van der Waals surface area contributed by atoms with Crippen LogP contribution < -0.4 is 4.90 Å². The number of aliphatic hydroxyl groups is 1. The number of aliphatic hydroxyl groups excluding tert-OH is 1. The van der Waals surface area contributed by atoms with E-state index in [1.807, 2.05) is 79.7 Å². The summed E-state index contributed by atoms with van der Waals surface area (Å²) in [5, 5.41) is 12.5. The van der Waals surface area contributed by atoms with Crippen LogP contribution in [-0.4, -0.2) is 76.1 Å². The minimum absolute atomic E-state index is 0.175. The zero-order valence-corrected chi connectivity index (χ0v) is 25.8. The molecule has 0 aliphatic carbocycles. The fraction of sp³-hybridized carbons (Fsp3) is 0.378. The Bertz CT molecular complexity index is 1600. The Morgan fingerprint density at radius 3 is 2.42 bits per heavy atom. The molecule has 6 atom stereocenters. The predicted octanol–water partition coefficient (Wildman–Crippen LogP) is 4.72. The van der Waals surface area contributed by atoms with Crippen LogP contribution in [-0.2, 0) is 25.7 Å². The molecule has 1 spiro atoms. The number of nitrogens with zero attached hydrogens (tertiary/aromatic N) is 3.